The molecule has 1 amide bonds. The lowest BCUT2D eigenvalue weighted by molar-refractivity contribution is -0.121. The first-order valence-electron chi connectivity index (χ1n) is 7.42. The highest BCUT2D eigenvalue weighted by Crippen LogP contribution is 2.20. The number of halogens is 2. The van der Waals surface area contributed by atoms with Crippen LogP contribution in [0.3, 0.4) is 0 Å². The van der Waals surface area contributed by atoms with Crippen LogP contribution in [-0.4, -0.2) is 12.5 Å². The van der Waals surface area contributed by atoms with E-state index in [1.54, 1.807) is 12.1 Å². The van der Waals surface area contributed by atoms with Gasteiger partial charge in [0, 0.05) is 6.42 Å². The molecular weight excluding hydrogens is 300 g/mol. The van der Waals surface area contributed by atoms with Crippen molar-refractivity contribution in [3.05, 3.63) is 65.7 Å². The first kappa shape index (κ1) is 16.9. The quantitative estimate of drug-likeness (QED) is 0.834. The Balaban J connectivity index is 1.88. The minimum absolute atomic E-state index is 0.0819. The van der Waals surface area contributed by atoms with Gasteiger partial charge in [-0.2, -0.15) is 8.78 Å². The molecule has 1 atom stereocenters. The highest BCUT2D eigenvalue weighted by Gasteiger charge is 2.11. The number of carbonyl (C=O) groups is 1. The van der Waals surface area contributed by atoms with Crippen molar-refractivity contribution in [2.24, 2.45) is 0 Å². The zero-order chi connectivity index (χ0) is 16.7. The molecule has 0 radical (unpaired) electrons. The Morgan fingerprint density at radius 1 is 1.13 bits per heavy atom. The molecule has 0 fully saturated rings. The first-order valence-corrected chi connectivity index (χ1v) is 7.42. The van der Waals surface area contributed by atoms with Crippen LogP contribution in [0.2, 0.25) is 0 Å². The predicted octanol–water partition coefficient (Wildman–Crippen LogP) is 4.10. The van der Waals surface area contributed by atoms with Gasteiger partial charge in [-0.15, -0.1) is 0 Å². The van der Waals surface area contributed by atoms with Crippen molar-refractivity contribution in [3.63, 3.8) is 0 Å². The third kappa shape index (κ3) is 5.70. The first-order chi connectivity index (χ1) is 11.0. The minimum Gasteiger partial charge on any atom is -0.435 e. The molecule has 2 aromatic rings. The van der Waals surface area contributed by atoms with Crippen molar-refractivity contribution in [1.82, 2.24) is 5.32 Å². The normalized spacial score (nSPS) is 12.0. The largest absolute Gasteiger partial charge is 0.435 e. The van der Waals surface area contributed by atoms with Crippen molar-refractivity contribution in [2.45, 2.75) is 32.4 Å². The van der Waals surface area contributed by atoms with Crippen LogP contribution in [0, 0.1) is 0 Å². The van der Waals surface area contributed by atoms with E-state index in [9.17, 15) is 13.6 Å². The maximum Gasteiger partial charge on any atom is 0.387 e. The van der Waals surface area contributed by atoms with E-state index in [1.165, 1.54) is 12.1 Å². The lowest BCUT2D eigenvalue weighted by Gasteiger charge is -2.15. The van der Waals surface area contributed by atoms with Crippen molar-refractivity contribution >= 4 is 5.91 Å². The van der Waals surface area contributed by atoms with Gasteiger partial charge in [-0.25, -0.2) is 0 Å². The van der Waals surface area contributed by atoms with Gasteiger partial charge in [0.05, 0.1) is 6.04 Å². The van der Waals surface area contributed by atoms with E-state index in [0.29, 0.717) is 12.8 Å². The van der Waals surface area contributed by atoms with E-state index < -0.39 is 6.61 Å². The van der Waals surface area contributed by atoms with Crippen molar-refractivity contribution in [1.29, 1.82) is 0 Å². The van der Waals surface area contributed by atoms with E-state index in [2.05, 4.69) is 10.1 Å². The molecule has 3 nitrogen and oxygen atoms in total. The van der Waals surface area contributed by atoms with Crippen LogP contribution < -0.4 is 10.1 Å². The number of aryl methyl sites for hydroxylation is 1. The molecule has 5 heteroatoms. The number of carbonyl (C=O) groups excluding carboxylic acids is 1. The lowest BCUT2D eigenvalue weighted by Crippen LogP contribution is -2.26. The third-order valence-corrected chi connectivity index (χ3v) is 3.44. The fourth-order valence-corrected chi connectivity index (χ4v) is 2.26. The van der Waals surface area contributed by atoms with Crippen molar-refractivity contribution in [3.8, 4) is 5.75 Å². The summed E-state index contributed by atoms with van der Waals surface area (Å²) in [5.74, 6) is 0.00409. The lowest BCUT2D eigenvalue weighted by atomic mass is 10.1. The average Bonchev–Trinajstić information content (AvgIpc) is 2.53. The molecule has 0 saturated heterocycles. The number of hydrogen-bond donors (Lipinski definition) is 1. The summed E-state index contributed by atoms with van der Waals surface area (Å²) < 4.78 is 28.8. The van der Waals surface area contributed by atoms with Gasteiger partial charge in [0.2, 0.25) is 5.91 Å². The zero-order valence-corrected chi connectivity index (χ0v) is 12.8. The molecule has 0 bridgehead atoms. The molecule has 122 valence electrons. The van der Waals surface area contributed by atoms with Gasteiger partial charge >= 0.3 is 6.61 Å². The SMILES string of the molecule is CC(NC(=O)CCc1ccccc1)c1cccc(OC(F)F)c1. The molecule has 23 heavy (non-hydrogen) atoms. The Morgan fingerprint density at radius 2 is 1.87 bits per heavy atom. The summed E-state index contributed by atoms with van der Waals surface area (Å²) in [6, 6.07) is 15.8. The molecule has 0 saturated carbocycles. The van der Waals surface area contributed by atoms with E-state index in [1.807, 2.05) is 37.3 Å². The molecule has 0 aliphatic heterocycles. The van der Waals surface area contributed by atoms with Gasteiger partial charge in [-0.3, -0.25) is 4.79 Å². The second-order valence-corrected chi connectivity index (χ2v) is 5.23. The monoisotopic (exact) mass is 319 g/mol. The van der Waals surface area contributed by atoms with Gasteiger partial charge in [0.1, 0.15) is 5.75 Å². The average molecular weight is 319 g/mol. The van der Waals surface area contributed by atoms with Gasteiger partial charge in [0.15, 0.2) is 0 Å². The molecule has 0 aliphatic rings. The molecule has 0 aliphatic carbocycles. The fraction of sp³-hybridized carbons (Fsp3) is 0.278. The zero-order valence-electron chi connectivity index (χ0n) is 12.8. The molecule has 1 N–H and O–H groups in total. The van der Waals surface area contributed by atoms with Gasteiger partial charge in [-0.1, -0.05) is 42.5 Å². The summed E-state index contributed by atoms with van der Waals surface area (Å²) in [5.41, 5.74) is 1.82. The number of ether oxygens (including phenoxy) is 1. The fourth-order valence-electron chi connectivity index (χ4n) is 2.26. The van der Waals surface area contributed by atoms with Crippen molar-refractivity contribution < 1.29 is 18.3 Å². The Labute approximate surface area is 134 Å². The molecule has 1 unspecified atom stereocenters. The van der Waals surface area contributed by atoms with Gasteiger partial charge in [0.25, 0.3) is 0 Å². The minimum atomic E-state index is -2.86. The smallest absolute Gasteiger partial charge is 0.387 e. The molecular formula is C18H19F2NO2. The Kier molecular flexibility index (Phi) is 6.09. The van der Waals surface area contributed by atoms with Crippen molar-refractivity contribution in [2.75, 3.05) is 0 Å². The molecule has 2 rings (SSSR count). The van der Waals surface area contributed by atoms with Crippen LogP contribution >= 0.6 is 0 Å². The Bertz CT molecular complexity index is 632. The number of hydrogen-bond acceptors (Lipinski definition) is 2. The Hall–Kier alpha value is -2.43. The second kappa shape index (κ2) is 8.27. The van der Waals surface area contributed by atoms with Crippen LogP contribution in [0.25, 0.3) is 0 Å². The standard InChI is InChI=1S/C18H19F2NO2/c1-13(15-8-5-9-16(12-15)23-18(19)20)21-17(22)11-10-14-6-3-2-4-7-14/h2-9,12-13,18H,10-11H2,1H3,(H,21,22). The molecule has 0 aromatic heterocycles. The van der Waals surface area contributed by atoms with Crippen LogP contribution in [0.5, 0.6) is 5.75 Å². The van der Waals surface area contributed by atoms with Crippen LogP contribution in [0.4, 0.5) is 8.78 Å². The molecule has 0 heterocycles. The predicted molar refractivity (Wildman–Crippen MR) is 84.4 cm³/mol. The topological polar surface area (TPSA) is 38.3 Å². The number of amides is 1. The third-order valence-electron chi connectivity index (χ3n) is 3.44. The highest BCUT2D eigenvalue weighted by atomic mass is 19.3. The number of benzene rings is 2. The summed E-state index contributed by atoms with van der Waals surface area (Å²) in [6.07, 6.45) is 1.04. The summed E-state index contributed by atoms with van der Waals surface area (Å²) in [5, 5.41) is 2.86. The summed E-state index contributed by atoms with van der Waals surface area (Å²) >= 11 is 0. The molecule has 0 spiro atoms. The van der Waals surface area contributed by atoms with Gasteiger partial charge in [-0.05, 0) is 36.6 Å². The number of rotatable bonds is 7. The van der Waals surface area contributed by atoms with E-state index in [4.69, 9.17) is 0 Å². The Morgan fingerprint density at radius 3 is 2.57 bits per heavy atom. The number of nitrogens with one attached hydrogen (secondary N) is 1. The van der Waals surface area contributed by atoms with Crippen LogP contribution in [0.15, 0.2) is 54.6 Å². The van der Waals surface area contributed by atoms with E-state index in [-0.39, 0.29) is 17.7 Å². The second-order valence-electron chi connectivity index (χ2n) is 5.23. The van der Waals surface area contributed by atoms with Gasteiger partial charge < -0.3 is 10.1 Å². The summed E-state index contributed by atoms with van der Waals surface area (Å²) in [7, 11) is 0. The molecule has 2 aromatic carbocycles. The maximum absolute atomic E-state index is 12.2. The maximum atomic E-state index is 12.2. The summed E-state index contributed by atoms with van der Waals surface area (Å²) in [4.78, 5) is 12.0. The number of alkyl halides is 2. The van der Waals surface area contributed by atoms with Crippen LogP contribution in [0.1, 0.15) is 30.5 Å². The summed E-state index contributed by atoms with van der Waals surface area (Å²) in [6.45, 7) is -1.05. The van der Waals surface area contributed by atoms with E-state index in [0.717, 1.165) is 11.1 Å². The van der Waals surface area contributed by atoms with Crippen LogP contribution in [-0.2, 0) is 11.2 Å². The highest BCUT2D eigenvalue weighted by molar-refractivity contribution is 5.76. The van der Waals surface area contributed by atoms with E-state index >= 15 is 0 Å².